The number of nitrogens with one attached hydrogen (secondary N) is 3. The van der Waals surface area contributed by atoms with Gasteiger partial charge in [0.15, 0.2) is 0 Å². The maximum absolute atomic E-state index is 13.1. The molecule has 1 aromatic rings. The molecule has 4 fully saturated rings. The topological polar surface area (TPSA) is 118 Å². The molecule has 12 heteroatoms. The van der Waals surface area contributed by atoms with Crippen LogP contribution < -0.4 is 10.6 Å². The fourth-order valence-electron chi connectivity index (χ4n) is 6.46. The molecule has 1 aliphatic carbocycles. The fraction of sp³-hybridized carbons (Fsp3) is 0.571. The fourth-order valence-corrected chi connectivity index (χ4v) is 7.03. The van der Waals surface area contributed by atoms with Gasteiger partial charge in [-0.1, -0.05) is 23.2 Å². The number of carbonyl (C=O) groups is 3. The maximum Gasteiger partial charge on any atom is 0.410 e. The summed E-state index contributed by atoms with van der Waals surface area (Å²) in [4.78, 5) is 44.0. The van der Waals surface area contributed by atoms with Crippen molar-refractivity contribution in [1.82, 2.24) is 25.3 Å². The summed E-state index contributed by atoms with van der Waals surface area (Å²) in [5, 5.41) is 15.1. The molecule has 0 aromatic heterocycles. The molecular formula is C28H36Cl2N6O4. The molecule has 1 saturated carbocycles. The van der Waals surface area contributed by atoms with Gasteiger partial charge >= 0.3 is 6.09 Å². The Bertz CT molecular complexity index is 1170. The van der Waals surface area contributed by atoms with E-state index in [0.29, 0.717) is 66.7 Å². The lowest BCUT2D eigenvalue weighted by molar-refractivity contribution is -0.131. The quantitative estimate of drug-likeness (QED) is 0.449. The maximum atomic E-state index is 13.1. The van der Waals surface area contributed by atoms with Crippen LogP contribution in [-0.2, 0) is 20.9 Å². The Balaban J connectivity index is 1.02. The third-order valence-electron chi connectivity index (χ3n) is 8.40. The van der Waals surface area contributed by atoms with E-state index >= 15 is 0 Å². The van der Waals surface area contributed by atoms with Crippen LogP contribution >= 0.6 is 23.2 Å². The molecule has 0 radical (unpaired) electrons. The Morgan fingerprint density at radius 2 is 1.75 bits per heavy atom. The van der Waals surface area contributed by atoms with Gasteiger partial charge in [0, 0.05) is 73.5 Å². The molecule has 3 N–H and O–H groups in total. The van der Waals surface area contributed by atoms with Gasteiger partial charge in [0.2, 0.25) is 11.8 Å². The molecule has 10 nitrogen and oxygen atoms in total. The van der Waals surface area contributed by atoms with Crippen molar-refractivity contribution in [3.8, 4) is 0 Å². The third kappa shape index (κ3) is 6.72. The zero-order valence-corrected chi connectivity index (χ0v) is 24.1. The minimum Gasteiger partial charge on any atom is -0.445 e. The highest BCUT2D eigenvalue weighted by atomic mass is 35.5. The highest BCUT2D eigenvalue weighted by Crippen LogP contribution is 2.41. The highest BCUT2D eigenvalue weighted by molar-refractivity contribution is 6.34. The van der Waals surface area contributed by atoms with Crippen LogP contribution in [0.4, 0.5) is 4.79 Å². The van der Waals surface area contributed by atoms with Gasteiger partial charge in [-0.15, -0.1) is 0 Å². The summed E-state index contributed by atoms with van der Waals surface area (Å²) in [6.45, 7) is 3.89. The van der Waals surface area contributed by atoms with Crippen LogP contribution in [0.15, 0.2) is 30.0 Å². The van der Waals surface area contributed by atoms with E-state index in [0.717, 1.165) is 37.1 Å². The Morgan fingerprint density at radius 3 is 2.42 bits per heavy atom. The minimum atomic E-state index is -0.419. The standard InChI is InChI=1S/C28H36Cl2N6O4/c1-32-9-21-12-36(14-25(21)31)26(37)15-34-10-19-6-18(7-20(19)11-34)27(38)33-24-2-3-35(13-24)28(39)40-16-17-4-22(29)8-23(30)5-17/h4-5,8-9,18-20,24,31-32H,2-3,6-7,10-16H2,1H3,(H,33,38)/b21-9-,31-25?/t18?,19?,20?,24-/m1/s1. The number of halogens is 2. The Hall–Kier alpha value is -2.82. The van der Waals surface area contributed by atoms with E-state index in [9.17, 15) is 14.4 Å². The van der Waals surface area contributed by atoms with Crippen LogP contribution in [0.5, 0.6) is 0 Å². The second-order valence-corrected chi connectivity index (χ2v) is 12.2. The van der Waals surface area contributed by atoms with Gasteiger partial charge in [0.1, 0.15) is 6.61 Å². The van der Waals surface area contributed by atoms with Crippen molar-refractivity contribution in [3.63, 3.8) is 0 Å². The number of hydrogen-bond acceptors (Lipinski definition) is 7. The molecule has 1 aromatic carbocycles. The normalized spacial score (nSPS) is 27.4. The van der Waals surface area contributed by atoms with E-state index in [-0.39, 0.29) is 30.4 Å². The first-order valence-electron chi connectivity index (χ1n) is 13.8. The smallest absolute Gasteiger partial charge is 0.410 e. The first-order chi connectivity index (χ1) is 19.2. The van der Waals surface area contributed by atoms with Gasteiger partial charge in [-0.2, -0.15) is 0 Å². The number of hydrogen-bond donors (Lipinski definition) is 3. The van der Waals surface area contributed by atoms with E-state index in [4.69, 9.17) is 33.3 Å². The summed E-state index contributed by atoms with van der Waals surface area (Å²) in [7, 11) is 1.79. The summed E-state index contributed by atoms with van der Waals surface area (Å²) in [6, 6.07) is 4.96. The molecule has 5 rings (SSSR count). The lowest BCUT2D eigenvalue weighted by Crippen LogP contribution is -2.41. The number of amides is 3. The Labute approximate surface area is 244 Å². The average Bonchev–Trinajstić information content (AvgIpc) is 3.67. The van der Waals surface area contributed by atoms with Crippen molar-refractivity contribution in [3.05, 3.63) is 45.6 Å². The number of nitrogens with zero attached hydrogens (tertiary/aromatic N) is 3. The minimum absolute atomic E-state index is 0.0327. The van der Waals surface area contributed by atoms with Gasteiger partial charge in [0.25, 0.3) is 0 Å². The number of ether oxygens (including phenoxy) is 1. The average molecular weight is 592 g/mol. The molecular weight excluding hydrogens is 555 g/mol. The van der Waals surface area contributed by atoms with Crippen molar-refractivity contribution >= 4 is 46.8 Å². The van der Waals surface area contributed by atoms with E-state index in [1.54, 1.807) is 41.2 Å². The predicted molar refractivity (Wildman–Crippen MR) is 152 cm³/mol. The zero-order chi connectivity index (χ0) is 28.4. The van der Waals surface area contributed by atoms with Gasteiger partial charge in [0.05, 0.1) is 18.8 Å². The molecule has 4 aliphatic rings. The van der Waals surface area contributed by atoms with E-state index in [2.05, 4.69) is 15.5 Å². The van der Waals surface area contributed by atoms with Crippen molar-refractivity contribution in [2.75, 3.05) is 52.9 Å². The van der Waals surface area contributed by atoms with E-state index in [1.165, 1.54) is 0 Å². The number of likely N-dealkylation sites (tertiary alicyclic amines) is 3. The van der Waals surface area contributed by atoms with Crippen molar-refractivity contribution in [2.24, 2.45) is 17.8 Å². The van der Waals surface area contributed by atoms with Crippen molar-refractivity contribution in [2.45, 2.75) is 31.9 Å². The largest absolute Gasteiger partial charge is 0.445 e. The predicted octanol–water partition coefficient (Wildman–Crippen LogP) is 2.74. The first kappa shape index (κ1) is 28.7. The summed E-state index contributed by atoms with van der Waals surface area (Å²) in [5.41, 5.74) is 2.06. The van der Waals surface area contributed by atoms with Crippen LogP contribution in [0.1, 0.15) is 24.8 Å². The number of carbonyl (C=O) groups excluding carboxylic acids is 3. The number of fused-ring (bicyclic) bond motifs is 1. The van der Waals surface area contributed by atoms with E-state index < -0.39 is 6.09 Å². The highest BCUT2D eigenvalue weighted by Gasteiger charge is 2.44. The molecule has 40 heavy (non-hydrogen) atoms. The molecule has 216 valence electrons. The summed E-state index contributed by atoms with van der Waals surface area (Å²) < 4.78 is 5.43. The number of rotatable bonds is 7. The zero-order valence-electron chi connectivity index (χ0n) is 22.6. The van der Waals surface area contributed by atoms with Crippen LogP contribution in [0, 0.1) is 23.2 Å². The third-order valence-corrected chi connectivity index (χ3v) is 8.84. The van der Waals surface area contributed by atoms with Gasteiger partial charge in [-0.05, 0) is 54.9 Å². The summed E-state index contributed by atoms with van der Waals surface area (Å²) in [5.74, 6) is 0.907. The molecule has 3 saturated heterocycles. The summed E-state index contributed by atoms with van der Waals surface area (Å²) >= 11 is 12.0. The first-order valence-corrected chi connectivity index (χ1v) is 14.6. The molecule has 3 atom stereocenters. The van der Waals surface area contributed by atoms with Crippen LogP contribution in [0.2, 0.25) is 10.0 Å². The molecule has 3 aliphatic heterocycles. The second-order valence-electron chi connectivity index (χ2n) is 11.3. The summed E-state index contributed by atoms with van der Waals surface area (Å²) in [6.07, 6.45) is 3.71. The second kappa shape index (κ2) is 12.4. The van der Waals surface area contributed by atoms with Gasteiger partial charge in [-0.25, -0.2) is 4.79 Å². The van der Waals surface area contributed by atoms with Crippen LogP contribution in [0.3, 0.4) is 0 Å². The Kier molecular flexibility index (Phi) is 8.87. The lowest BCUT2D eigenvalue weighted by Gasteiger charge is -2.22. The molecule has 3 amide bonds. The van der Waals surface area contributed by atoms with Gasteiger partial charge in [-0.3, -0.25) is 14.5 Å². The Morgan fingerprint density at radius 1 is 1.05 bits per heavy atom. The molecule has 0 spiro atoms. The lowest BCUT2D eigenvalue weighted by atomic mass is 10.0. The van der Waals surface area contributed by atoms with Gasteiger partial charge < -0.3 is 30.6 Å². The van der Waals surface area contributed by atoms with Crippen molar-refractivity contribution in [1.29, 1.82) is 5.41 Å². The van der Waals surface area contributed by atoms with Crippen LogP contribution in [0.25, 0.3) is 0 Å². The van der Waals surface area contributed by atoms with E-state index in [1.807, 2.05) is 0 Å². The molecule has 0 bridgehead atoms. The van der Waals surface area contributed by atoms with Crippen molar-refractivity contribution < 1.29 is 19.1 Å². The molecule has 3 heterocycles. The van der Waals surface area contributed by atoms with Crippen LogP contribution in [-0.4, -0.2) is 97.2 Å². The number of benzene rings is 1. The molecule has 2 unspecified atom stereocenters. The SMILES string of the molecule is CN/C=C1/CN(C(=O)CN2CC3CC(C(=O)N[C@@H]4CCN(C(=O)OCc5cc(Cl)cc(Cl)c5)C4)CC3C2)CC1=N. The monoisotopic (exact) mass is 590 g/mol.